The summed E-state index contributed by atoms with van der Waals surface area (Å²) in [5.74, 6) is 1.17. The van der Waals surface area contributed by atoms with Gasteiger partial charge in [-0.3, -0.25) is 4.72 Å². The number of hydrogen-bond donors (Lipinski definition) is 1. The molecule has 0 aliphatic rings. The van der Waals surface area contributed by atoms with Gasteiger partial charge >= 0.3 is 0 Å². The van der Waals surface area contributed by atoms with Crippen molar-refractivity contribution in [2.24, 2.45) is 0 Å². The SMILES string of the molecule is CCOc1ccccc1NS(=O)(=O)c1cc(OC)c(C)cc1OC. The van der Waals surface area contributed by atoms with Gasteiger partial charge in [-0.1, -0.05) is 12.1 Å². The molecule has 0 amide bonds. The topological polar surface area (TPSA) is 73.9 Å². The maximum absolute atomic E-state index is 12.8. The van der Waals surface area contributed by atoms with E-state index in [-0.39, 0.29) is 10.6 Å². The number of methoxy groups -OCH3 is 2. The normalized spacial score (nSPS) is 11.0. The average Bonchev–Trinajstić information content (AvgIpc) is 2.56. The van der Waals surface area contributed by atoms with E-state index < -0.39 is 10.0 Å². The van der Waals surface area contributed by atoms with Crippen molar-refractivity contribution in [3.63, 3.8) is 0 Å². The zero-order valence-corrected chi connectivity index (χ0v) is 14.9. The highest BCUT2D eigenvalue weighted by atomic mass is 32.2. The van der Waals surface area contributed by atoms with Crippen molar-refractivity contribution >= 4 is 15.7 Å². The molecule has 0 bridgehead atoms. The smallest absolute Gasteiger partial charge is 0.265 e. The van der Waals surface area contributed by atoms with Crippen LogP contribution >= 0.6 is 0 Å². The lowest BCUT2D eigenvalue weighted by Crippen LogP contribution is -2.15. The molecule has 2 rings (SSSR count). The van der Waals surface area contributed by atoms with E-state index in [0.29, 0.717) is 23.8 Å². The van der Waals surface area contributed by atoms with E-state index >= 15 is 0 Å². The molecule has 0 saturated carbocycles. The minimum atomic E-state index is -3.88. The number of sulfonamides is 1. The van der Waals surface area contributed by atoms with Gasteiger partial charge in [0.05, 0.1) is 26.5 Å². The number of benzene rings is 2. The maximum Gasteiger partial charge on any atom is 0.265 e. The molecule has 0 atom stereocenters. The summed E-state index contributed by atoms with van der Waals surface area (Å²) in [6.45, 7) is 4.08. The molecule has 0 aliphatic carbocycles. The van der Waals surface area contributed by atoms with Gasteiger partial charge in [0.1, 0.15) is 22.1 Å². The lowest BCUT2D eigenvalue weighted by atomic mass is 10.2. The molecule has 130 valence electrons. The summed E-state index contributed by atoms with van der Waals surface area (Å²) in [7, 11) is -0.967. The largest absolute Gasteiger partial charge is 0.496 e. The molecule has 0 heterocycles. The fraction of sp³-hybridized carbons (Fsp3) is 0.294. The Morgan fingerprint density at radius 3 is 2.29 bits per heavy atom. The predicted molar refractivity (Wildman–Crippen MR) is 92.7 cm³/mol. The lowest BCUT2D eigenvalue weighted by Gasteiger charge is -2.16. The van der Waals surface area contributed by atoms with Gasteiger partial charge in [-0.05, 0) is 37.6 Å². The highest BCUT2D eigenvalue weighted by molar-refractivity contribution is 7.92. The summed E-state index contributed by atoms with van der Waals surface area (Å²) in [6, 6.07) is 9.92. The van der Waals surface area contributed by atoms with Crippen LogP contribution in [0.3, 0.4) is 0 Å². The number of aryl methyl sites for hydroxylation is 1. The molecule has 6 nitrogen and oxygen atoms in total. The van der Waals surface area contributed by atoms with Crippen molar-refractivity contribution in [3.8, 4) is 17.2 Å². The summed E-state index contributed by atoms with van der Waals surface area (Å²) in [4.78, 5) is -0.00116. The molecule has 1 N–H and O–H groups in total. The minimum absolute atomic E-state index is 0.00116. The highest BCUT2D eigenvalue weighted by Crippen LogP contribution is 2.34. The predicted octanol–water partition coefficient (Wildman–Crippen LogP) is 3.21. The Hall–Kier alpha value is -2.41. The van der Waals surface area contributed by atoms with Crippen molar-refractivity contribution in [3.05, 3.63) is 42.0 Å². The quantitative estimate of drug-likeness (QED) is 0.829. The van der Waals surface area contributed by atoms with Crippen LogP contribution in [0.25, 0.3) is 0 Å². The molecule has 0 saturated heterocycles. The molecule has 2 aromatic carbocycles. The molecule has 0 unspecified atom stereocenters. The Morgan fingerprint density at radius 1 is 1.00 bits per heavy atom. The van der Waals surface area contributed by atoms with E-state index in [2.05, 4.69) is 4.72 Å². The third kappa shape index (κ3) is 3.73. The fourth-order valence-corrected chi connectivity index (χ4v) is 3.50. The molecule has 0 aromatic heterocycles. The second kappa shape index (κ2) is 7.44. The summed E-state index contributed by atoms with van der Waals surface area (Å²) >= 11 is 0. The Bertz CT molecular complexity index is 818. The fourth-order valence-electron chi connectivity index (χ4n) is 2.26. The number of rotatable bonds is 7. The van der Waals surface area contributed by atoms with Gasteiger partial charge in [0.2, 0.25) is 0 Å². The van der Waals surface area contributed by atoms with Crippen molar-refractivity contribution in [2.75, 3.05) is 25.5 Å². The second-order valence-corrected chi connectivity index (χ2v) is 6.66. The van der Waals surface area contributed by atoms with E-state index in [1.165, 1.54) is 20.3 Å². The van der Waals surface area contributed by atoms with Gasteiger partial charge in [-0.2, -0.15) is 0 Å². The number of para-hydroxylation sites is 2. The molecule has 0 fully saturated rings. The van der Waals surface area contributed by atoms with Gasteiger partial charge in [0.25, 0.3) is 10.0 Å². The van der Waals surface area contributed by atoms with Crippen LogP contribution in [0.15, 0.2) is 41.3 Å². The Labute approximate surface area is 142 Å². The van der Waals surface area contributed by atoms with Crippen LogP contribution in [0.4, 0.5) is 5.69 Å². The zero-order valence-electron chi connectivity index (χ0n) is 14.1. The lowest BCUT2D eigenvalue weighted by molar-refractivity contribution is 0.342. The van der Waals surface area contributed by atoms with Crippen LogP contribution in [0, 0.1) is 6.92 Å². The number of hydrogen-bond acceptors (Lipinski definition) is 5. The van der Waals surface area contributed by atoms with Crippen LogP contribution in [-0.2, 0) is 10.0 Å². The molecule has 2 aromatic rings. The number of anilines is 1. The summed E-state index contributed by atoms with van der Waals surface area (Å²) in [5.41, 5.74) is 1.14. The first-order valence-electron chi connectivity index (χ1n) is 7.40. The highest BCUT2D eigenvalue weighted by Gasteiger charge is 2.23. The van der Waals surface area contributed by atoms with Gasteiger partial charge in [0.15, 0.2) is 0 Å². The van der Waals surface area contributed by atoms with Crippen LogP contribution in [-0.4, -0.2) is 29.2 Å². The van der Waals surface area contributed by atoms with Crippen molar-refractivity contribution in [1.29, 1.82) is 0 Å². The third-order valence-electron chi connectivity index (χ3n) is 3.40. The Balaban J connectivity index is 2.48. The maximum atomic E-state index is 12.8. The van der Waals surface area contributed by atoms with Crippen LogP contribution in [0.5, 0.6) is 17.2 Å². The first-order valence-corrected chi connectivity index (χ1v) is 8.88. The zero-order chi connectivity index (χ0) is 17.7. The average molecular weight is 351 g/mol. The molecular formula is C17H21NO5S. The standard InChI is InChI=1S/C17H21NO5S/c1-5-23-14-9-7-6-8-13(14)18-24(19,20)17-11-15(21-3)12(2)10-16(17)22-4/h6-11,18H,5H2,1-4H3. The van der Waals surface area contributed by atoms with E-state index in [1.54, 1.807) is 30.3 Å². The molecule has 24 heavy (non-hydrogen) atoms. The van der Waals surface area contributed by atoms with Gasteiger partial charge in [-0.15, -0.1) is 0 Å². The number of ether oxygens (including phenoxy) is 3. The molecule has 7 heteroatoms. The third-order valence-corrected chi connectivity index (χ3v) is 4.79. The van der Waals surface area contributed by atoms with Crippen LogP contribution < -0.4 is 18.9 Å². The molecule has 0 radical (unpaired) electrons. The Morgan fingerprint density at radius 2 is 1.67 bits per heavy atom. The summed E-state index contributed by atoms with van der Waals surface area (Å²) in [5, 5.41) is 0. The van der Waals surface area contributed by atoms with E-state index in [1.807, 2.05) is 13.8 Å². The molecular weight excluding hydrogens is 330 g/mol. The second-order valence-electron chi connectivity index (χ2n) is 5.01. The van der Waals surface area contributed by atoms with E-state index in [0.717, 1.165) is 5.56 Å². The van der Waals surface area contributed by atoms with Gasteiger partial charge in [-0.25, -0.2) is 8.42 Å². The first-order chi connectivity index (χ1) is 11.4. The van der Waals surface area contributed by atoms with Crippen LogP contribution in [0.1, 0.15) is 12.5 Å². The monoisotopic (exact) mass is 351 g/mol. The van der Waals surface area contributed by atoms with Crippen LogP contribution in [0.2, 0.25) is 0 Å². The Kier molecular flexibility index (Phi) is 5.56. The van der Waals surface area contributed by atoms with Crippen molar-refractivity contribution in [2.45, 2.75) is 18.7 Å². The van der Waals surface area contributed by atoms with Crippen molar-refractivity contribution in [1.82, 2.24) is 0 Å². The molecule has 0 spiro atoms. The summed E-state index contributed by atoms with van der Waals surface area (Å²) in [6.07, 6.45) is 0. The van der Waals surface area contributed by atoms with Gasteiger partial charge < -0.3 is 14.2 Å². The van der Waals surface area contributed by atoms with Gasteiger partial charge in [0, 0.05) is 6.07 Å². The van der Waals surface area contributed by atoms with Crippen molar-refractivity contribution < 1.29 is 22.6 Å². The first kappa shape index (κ1) is 17.9. The van der Waals surface area contributed by atoms with E-state index in [4.69, 9.17) is 14.2 Å². The molecule has 0 aliphatic heterocycles. The minimum Gasteiger partial charge on any atom is -0.496 e. The summed E-state index contributed by atoms with van der Waals surface area (Å²) < 4.78 is 44.1. The number of nitrogens with one attached hydrogen (secondary N) is 1. The van der Waals surface area contributed by atoms with E-state index in [9.17, 15) is 8.42 Å².